The van der Waals surface area contributed by atoms with Crippen molar-refractivity contribution in [2.75, 3.05) is 13.2 Å². The van der Waals surface area contributed by atoms with Crippen LogP contribution in [-0.2, 0) is 0 Å². The zero-order valence-corrected chi connectivity index (χ0v) is 5.93. The van der Waals surface area contributed by atoms with Crippen molar-refractivity contribution >= 4 is 0 Å². The highest BCUT2D eigenvalue weighted by Crippen LogP contribution is 2.11. The van der Waals surface area contributed by atoms with Crippen LogP contribution in [0.1, 0.15) is 26.2 Å². The quantitative estimate of drug-likeness (QED) is 0.577. The van der Waals surface area contributed by atoms with Crippen LogP contribution >= 0.6 is 0 Å². The van der Waals surface area contributed by atoms with Gasteiger partial charge in [-0.05, 0) is 12.8 Å². The molecule has 0 aliphatic rings. The third kappa shape index (κ3) is 4.43. The van der Waals surface area contributed by atoms with Crippen molar-refractivity contribution in [2.45, 2.75) is 26.2 Å². The van der Waals surface area contributed by atoms with Crippen LogP contribution in [0.5, 0.6) is 0 Å². The molecule has 0 saturated heterocycles. The number of hydrogen-bond acceptors (Lipinski definition) is 2. The lowest BCUT2D eigenvalue weighted by atomic mass is 10.0. The van der Waals surface area contributed by atoms with Crippen molar-refractivity contribution in [3.05, 3.63) is 5.92 Å². The van der Waals surface area contributed by atoms with Crippen LogP contribution in [0.25, 0.3) is 0 Å². The third-order valence-electron chi connectivity index (χ3n) is 1.29. The van der Waals surface area contributed by atoms with Crippen LogP contribution in [0.4, 0.5) is 0 Å². The molecule has 0 aromatic rings. The van der Waals surface area contributed by atoms with Gasteiger partial charge in [0.1, 0.15) is 0 Å². The van der Waals surface area contributed by atoms with E-state index in [-0.39, 0.29) is 13.2 Å². The highest BCUT2D eigenvalue weighted by atomic mass is 16.3. The summed E-state index contributed by atoms with van der Waals surface area (Å²) in [7, 11) is 0. The molecule has 0 saturated carbocycles. The molecule has 9 heavy (non-hydrogen) atoms. The molecule has 2 N–H and O–H groups in total. The van der Waals surface area contributed by atoms with Gasteiger partial charge in [-0.15, -0.1) is 0 Å². The third-order valence-corrected chi connectivity index (χ3v) is 1.29. The Hall–Kier alpha value is -0.0800. The minimum Gasteiger partial charge on any atom is -0.396 e. The second kappa shape index (κ2) is 6.05. The summed E-state index contributed by atoms with van der Waals surface area (Å²) in [6.45, 7) is 2.36. The number of rotatable bonds is 5. The van der Waals surface area contributed by atoms with Crippen LogP contribution < -0.4 is 0 Å². The van der Waals surface area contributed by atoms with Crippen LogP contribution in [0.15, 0.2) is 0 Å². The maximum atomic E-state index is 8.64. The van der Waals surface area contributed by atoms with Gasteiger partial charge in [0.25, 0.3) is 0 Å². The monoisotopic (exact) mass is 131 g/mol. The average molecular weight is 131 g/mol. The van der Waals surface area contributed by atoms with Gasteiger partial charge >= 0.3 is 0 Å². The Morgan fingerprint density at radius 3 is 2.22 bits per heavy atom. The van der Waals surface area contributed by atoms with E-state index in [0.29, 0.717) is 6.42 Å². The van der Waals surface area contributed by atoms with Gasteiger partial charge in [-0.25, -0.2) is 0 Å². The Kier molecular flexibility index (Phi) is 5.99. The summed E-state index contributed by atoms with van der Waals surface area (Å²) in [5, 5.41) is 17.1. The number of aliphatic hydroxyl groups excluding tert-OH is 2. The fourth-order valence-corrected chi connectivity index (χ4v) is 0.795. The van der Waals surface area contributed by atoms with Crippen LogP contribution in [0.3, 0.4) is 0 Å². The van der Waals surface area contributed by atoms with E-state index in [1.165, 1.54) is 0 Å². The van der Waals surface area contributed by atoms with E-state index in [1.54, 1.807) is 0 Å². The van der Waals surface area contributed by atoms with Crippen molar-refractivity contribution < 1.29 is 10.2 Å². The summed E-state index contributed by atoms with van der Waals surface area (Å²) in [4.78, 5) is 0. The molecular formula is C7H15O2. The Morgan fingerprint density at radius 2 is 1.89 bits per heavy atom. The van der Waals surface area contributed by atoms with Gasteiger partial charge in [0.05, 0.1) is 0 Å². The van der Waals surface area contributed by atoms with Gasteiger partial charge in [0.2, 0.25) is 0 Å². The minimum atomic E-state index is 0.133. The lowest BCUT2D eigenvalue weighted by Crippen LogP contribution is -2.04. The van der Waals surface area contributed by atoms with E-state index in [0.717, 1.165) is 18.8 Å². The first-order valence-corrected chi connectivity index (χ1v) is 3.40. The van der Waals surface area contributed by atoms with Crippen molar-refractivity contribution in [1.29, 1.82) is 0 Å². The first kappa shape index (κ1) is 8.92. The fourth-order valence-electron chi connectivity index (χ4n) is 0.795. The Morgan fingerprint density at radius 1 is 1.22 bits per heavy atom. The first-order valence-electron chi connectivity index (χ1n) is 3.40. The maximum absolute atomic E-state index is 8.64. The topological polar surface area (TPSA) is 40.5 Å². The zero-order chi connectivity index (χ0) is 7.11. The molecule has 0 rings (SSSR count). The molecule has 0 fully saturated rings. The smallest absolute Gasteiger partial charge is 0.0494 e. The molecule has 0 aromatic heterocycles. The van der Waals surface area contributed by atoms with E-state index in [2.05, 4.69) is 6.92 Å². The predicted molar refractivity (Wildman–Crippen MR) is 36.9 cm³/mol. The molecule has 0 amide bonds. The number of hydrogen-bond donors (Lipinski definition) is 2. The van der Waals surface area contributed by atoms with E-state index < -0.39 is 0 Å². The fraction of sp³-hybridized carbons (Fsp3) is 0.857. The summed E-state index contributed by atoms with van der Waals surface area (Å²) >= 11 is 0. The molecule has 0 aliphatic carbocycles. The highest BCUT2D eigenvalue weighted by Gasteiger charge is 2.04. The van der Waals surface area contributed by atoms with Crippen molar-refractivity contribution in [2.24, 2.45) is 0 Å². The first-order chi connectivity index (χ1) is 4.35. The SMILES string of the molecule is CCC[C](CO)CCO. The Labute approximate surface area is 56.5 Å². The standard InChI is InChI=1S/C7H15O2/c1-2-3-7(6-9)4-5-8/h8-9H,2-6H2,1H3. The minimum absolute atomic E-state index is 0.133. The summed E-state index contributed by atoms with van der Waals surface area (Å²) < 4.78 is 0. The Bertz CT molecular complexity index is 48.9. The molecule has 2 nitrogen and oxygen atoms in total. The molecule has 2 heteroatoms. The normalized spacial score (nSPS) is 10.7. The summed E-state index contributed by atoms with van der Waals surface area (Å²) in [5.74, 6) is 1.06. The van der Waals surface area contributed by atoms with E-state index in [1.807, 2.05) is 0 Å². The highest BCUT2D eigenvalue weighted by molar-refractivity contribution is 4.87. The number of aliphatic hydroxyl groups is 2. The van der Waals surface area contributed by atoms with Crippen LogP contribution in [-0.4, -0.2) is 23.4 Å². The summed E-state index contributed by atoms with van der Waals surface area (Å²) in [5.41, 5.74) is 0. The van der Waals surface area contributed by atoms with Gasteiger partial charge in [-0.1, -0.05) is 13.3 Å². The molecule has 0 heterocycles. The van der Waals surface area contributed by atoms with E-state index in [4.69, 9.17) is 10.2 Å². The molecule has 0 aliphatic heterocycles. The molecule has 55 valence electrons. The molecule has 0 aromatic carbocycles. The summed E-state index contributed by atoms with van der Waals surface area (Å²) in [6.07, 6.45) is 2.65. The van der Waals surface area contributed by atoms with Gasteiger partial charge in [-0.3, -0.25) is 0 Å². The van der Waals surface area contributed by atoms with Gasteiger partial charge in [-0.2, -0.15) is 0 Å². The second-order valence-electron chi connectivity index (χ2n) is 2.13. The zero-order valence-electron chi connectivity index (χ0n) is 5.93. The van der Waals surface area contributed by atoms with Crippen LogP contribution in [0.2, 0.25) is 0 Å². The molecule has 0 atom stereocenters. The average Bonchev–Trinajstić information content (AvgIpc) is 1.88. The summed E-state index contributed by atoms with van der Waals surface area (Å²) in [6, 6.07) is 0. The molecule has 1 radical (unpaired) electrons. The second-order valence-corrected chi connectivity index (χ2v) is 2.13. The molecule has 0 unspecified atom stereocenters. The lowest BCUT2D eigenvalue weighted by Gasteiger charge is -2.08. The van der Waals surface area contributed by atoms with E-state index in [9.17, 15) is 0 Å². The van der Waals surface area contributed by atoms with E-state index >= 15 is 0 Å². The van der Waals surface area contributed by atoms with Crippen molar-refractivity contribution in [1.82, 2.24) is 0 Å². The predicted octanol–water partition coefficient (Wildman–Crippen LogP) is 0.736. The van der Waals surface area contributed by atoms with Crippen molar-refractivity contribution in [3.63, 3.8) is 0 Å². The Balaban J connectivity index is 3.18. The van der Waals surface area contributed by atoms with Crippen molar-refractivity contribution in [3.8, 4) is 0 Å². The van der Waals surface area contributed by atoms with Gasteiger partial charge in [0, 0.05) is 19.1 Å². The largest absolute Gasteiger partial charge is 0.396 e. The molecule has 0 bridgehead atoms. The van der Waals surface area contributed by atoms with Gasteiger partial charge < -0.3 is 10.2 Å². The maximum Gasteiger partial charge on any atom is 0.0494 e. The molecular weight excluding hydrogens is 116 g/mol. The molecule has 0 spiro atoms. The van der Waals surface area contributed by atoms with Crippen LogP contribution in [0, 0.1) is 5.92 Å². The lowest BCUT2D eigenvalue weighted by molar-refractivity contribution is 0.252. The van der Waals surface area contributed by atoms with Gasteiger partial charge in [0.15, 0.2) is 0 Å².